The summed E-state index contributed by atoms with van der Waals surface area (Å²) in [7, 11) is 0. The van der Waals surface area contributed by atoms with Crippen LogP contribution in [-0.2, 0) is 16.0 Å². The molecule has 1 saturated heterocycles. The zero-order valence-electron chi connectivity index (χ0n) is 13.7. The maximum absolute atomic E-state index is 12.2. The van der Waals surface area contributed by atoms with Gasteiger partial charge in [0.1, 0.15) is 0 Å². The Morgan fingerprint density at radius 1 is 1.32 bits per heavy atom. The van der Waals surface area contributed by atoms with Crippen LogP contribution in [0.25, 0.3) is 0 Å². The van der Waals surface area contributed by atoms with Gasteiger partial charge in [0, 0.05) is 23.4 Å². The number of aromatic nitrogens is 2. The molecule has 0 radical (unpaired) electrons. The minimum Gasteiger partial charge on any atom is -0.391 e. The van der Waals surface area contributed by atoms with Crippen LogP contribution in [0.15, 0.2) is 30.3 Å². The highest BCUT2D eigenvalue weighted by Crippen LogP contribution is 2.39. The summed E-state index contributed by atoms with van der Waals surface area (Å²) in [4.78, 5) is 25.5. The molecular formula is C18H20N4O3. The van der Waals surface area contributed by atoms with Gasteiger partial charge in [0.2, 0.25) is 11.8 Å². The van der Waals surface area contributed by atoms with Crippen molar-refractivity contribution in [2.45, 2.75) is 37.7 Å². The van der Waals surface area contributed by atoms with Crippen molar-refractivity contribution in [1.82, 2.24) is 10.2 Å². The highest BCUT2D eigenvalue weighted by molar-refractivity contribution is 5.96. The van der Waals surface area contributed by atoms with Gasteiger partial charge < -0.3 is 15.3 Å². The second-order valence-corrected chi connectivity index (χ2v) is 6.74. The van der Waals surface area contributed by atoms with Gasteiger partial charge >= 0.3 is 0 Å². The Bertz CT molecular complexity index is 795. The lowest BCUT2D eigenvalue weighted by atomic mass is 10.1. The van der Waals surface area contributed by atoms with Crippen LogP contribution in [0.2, 0.25) is 0 Å². The van der Waals surface area contributed by atoms with Crippen molar-refractivity contribution in [1.29, 1.82) is 0 Å². The van der Waals surface area contributed by atoms with Gasteiger partial charge in [-0.25, -0.2) is 0 Å². The Balaban J connectivity index is 1.35. The van der Waals surface area contributed by atoms with Crippen molar-refractivity contribution in [2.75, 3.05) is 16.8 Å². The molecule has 2 heterocycles. The standard InChI is InChI=1S/C18H20N4O3/c23-14-8-18(25)22(10-14)13-5-1-11(2-6-13)7-17(24)19-16-9-15(20-21-16)12-3-4-12/h1-2,5-6,9,12,14,23H,3-4,7-8,10H2,(H2,19,20,21,24). The number of nitrogens with one attached hydrogen (secondary N) is 2. The zero-order valence-corrected chi connectivity index (χ0v) is 13.7. The van der Waals surface area contributed by atoms with Crippen molar-refractivity contribution < 1.29 is 14.7 Å². The van der Waals surface area contributed by atoms with Gasteiger partial charge in [-0.1, -0.05) is 12.1 Å². The summed E-state index contributed by atoms with van der Waals surface area (Å²) in [5.74, 6) is 0.912. The molecule has 1 aliphatic heterocycles. The van der Waals surface area contributed by atoms with Crippen LogP contribution in [0.4, 0.5) is 11.5 Å². The molecule has 1 unspecified atom stereocenters. The van der Waals surface area contributed by atoms with E-state index in [1.54, 1.807) is 17.0 Å². The third-order valence-corrected chi connectivity index (χ3v) is 4.60. The number of H-pyrrole nitrogens is 1. The normalized spacial score (nSPS) is 20.1. The van der Waals surface area contributed by atoms with Crippen molar-refractivity contribution in [3.05, 3.63) is 41.6 Å². The second kappa shape index (κ2) is 6.33. The summed E-state index contributed by atoms with van der Waals surface area (Å²) in [6.07, 6.45) is 2.16. The highest BCUT2D eigenvalue weighted by atomic mass is 16.3. The summed E-state index contributed by atoms with van der Waals surface area (Å²) < 4.78 is 0. The minimum atomic E-state index is -0.604. The molecule has 130 valence electrons. The summed E-state index contributed by atoms with van der Waals surface area (Å²) in [6, 6.07) is 9.15. The van der Waals surface area contributed by atoms with Gasteiger partial charge in [-0.3, -0.25) is 14.7 Å². The number of nitrogens with zero attached hydrogens (tertiary/aromatic N) is 2. The molecule has 2 aliphatic rings. The molecule has 4 rings (SSSR count). The molecule has 0 bridgehead atoms. The number of hydrogen-bond donors (Lipinski definition) is 3. The molecule has 7 nitrogen and oxygen atoms in total. The number of β-amino-alcohol motifs (C(OH)–C–C–N with tert-alkyl or cyclic N) is 1. The number of anilines is 2. The van der Waals surface area contributed by atoms with Crippen LogP contribution in [0.1, 0.15) is 36.4 Å². The average molecular weight is 340 g/mol. The van der Waals surface area contributed by atoms with Crippen LogP contribution in [-0.4, -0.2) is 39.8 Å². The van der Waals surface area contributed by atoms with Crippen molar-refractivity contribution in [2.24, 2.45) is 0 Å². The van der Waals surface area contributed by atoms with E-state index in [-0.39, 0.29) is 24.7 Å². The number of amides is 2. The quantitative estimate of drug-likeness (QED) is 0.769. The van der Waals surface area contributed by atoms with Crippen LogP contribution in [0.5, 0.6) is 0 Å². The minimum absolute atomic E-state index is 0.0806. The molecule has 0 spiro atoms. The molecule has 25 heavy (non-hydrogen) atoms. The van der Waals surface area contributed by atoms with Crippen LogP contribution < -0.4 is 10.2 Å². The molecule has 2 amide bonds. The number of hydrogen-bond acceptors (Lipinski definition) is 4. The first-order valence-corrected chi connectivity index (χ1v) is 8.51. The third-order valence-electron chi connectivity index (χ3n) is 4.60. The first-order chi connectivity index (χ1) is 12.1. The van der Waals surface area contributed by atoms with Gasteiger partial charge in [0.05, 0.1) is 25.5 Å². The van der Waals surface area contributed by atoms with E-state index in [2.05, 4.69) is 15.5 Å². The maximum atomic E-state index is 12.2. The molecule has 3 N–H and O–H groups in total. The Labute approximate surface area is 145 Å². The van der Waals surface area contributed by atoms with Crippen molar-refractivity contribution in [3.8, 4) is 0 Å². The molecule has 1 aromatic carbocycles. The number of carbonyl (C=O) groups is 2. The highest BCUT2D eigenvalue weighted by Gasteiger charge is 2.29. The molecular weight excluding hydrogens is 320 g/mol. The Hall–Kier alpha value is -2.67. The topological polar surface area (TPSA) is 98.3 Å². The monoisotopic (exact) mass is 340 g/mol. The van der Waals surface area contributed by atoms with Gasteiger partial charge in [-0.15, -0.1) is 0 Å². The fourth-order valence-electron chi connectivity index (χ4n) is 3.11. The smallest absolute Gasteiger partial charge is 0.229 e. The molecule has 1 aliphatic carbocycles. The van der Waals surface area contributed by atoms with Gasteiger partial charge in [0.25, 0.3) is 0 Å². The maximum Gasteiger partial charge on any atom is 0.229 e. The Morgan fingerprint density at radius 2 is 2.08 bits per heavy atom. The summed E-state index contributed by atoms with van der Waals surface area (Å²) in [5, 5.41) is 19.4. The molecule has 2 fully saturated rings. The third kappa shape index (κ3) is 3.56. The largest absolute Gasteiger partial charge is 0.391 e. The van der Waals surface area contributed by atoms with E-state index in [9.17, 15) is 14.7 Å². The lowest BCUT2D eigenvalue weighted by molar-refractivity contribution is -0.117. The van der Waals surface area contributed by atoms with Crippen LogP contribution >= 0.6 is 0 Å². The zero-order chi connectivity index (χ0) is 17.4. The molecule has 1 aromatic heterocycles. The van der Waals surface area contributed by atoms with E-state index in [4.69, 9.17) is 0 Å². The Kier molecular flexibility index (Phi) is 4.01. The Morgan fingerprint density at radius 3 is 2.72 bits per heavy atom. The lowest BCUT2D eigenvalue weighted by Crippen LogP contribution is -2.25. The van der Waals surface area contributed by atoms with E-state index in [0.29, 0.717) is 18.3 Å². The fourth-order valence-corrected chi connectivity index (χ4v) is 3.11. The number of benzene rings is 1. The molecule has 1 saturated carbocycles. The summed E-state index contributed by atoms with van der Waals surface area (Å²) >= 11 is 0. The number of carbonyl (C=O) groups excluding carboxylic acids is 2. The molecule has 1 atom stereocenters. The molecule has 2 aromatic rings. The average Bonchev–Trinajstić information content (AvgIpc) is 3.24. The van der Waals surface area contributed by atoms with Crippen LogP contribution in [0, 0.1) is 0 Å². The SMILES string of the molecule is O=C(Cc1ccc(N2CC(O)CC2=O)cc1)Nc1cc(C2CC2)[nH]n1. The van der Waals surface area contributed by atoms with E-state index in [0.717, 1.165) is 16.9 Å². The number of rotatable bonds is 5. The number of aromatic amines is 1. The first kappa shape index (κ1) is 15.8. The second-order valence-electron chi connectivity index (χ2n) is 6.74. The van der Waals surface area contributed by atoms with Crippen molar-refractivity contribution in [3.63, 3.8) is 0 Å². The van der Waals surface area contributed by atoms with Crippen LogP contribution in [0.3, 0.4) is 0 Å². The van der Waals surface area contributed by atoms with E-state index in [1.807, 2.05) is 18.2 Å². The molecule has 7 heteroatoms. The van der Waals surface area contributed by atoms with E-state index >= 15 is 0 Å². The lowest BCUT2D eigenvalue weighted by Gasteiger charge is -2.16. The summed E-state index contributed by atoms with van der Waals surface area (Å²) in [5.41, 5.74) is 2.68. The predicted octanol–water partition coefficient (Wildman–Crippen LogP) is 1.57. The predicted molar refractivity (Wildman–Crippen MR) is 92.3 cm³/mol. The van der Waals surface area contributed by atoms with E-state index < -0.39 is 6.10 Å². The summed E-state index contributed by atoms with van der Waals surface area (Å²) in [6.45, 7) is 0.321. The van der Waals surface area contributed by atoms with Crippen molar-refractivity contribution >= 4 is 23.3 Å². The number of aliphatic hydroxyl groups excluding tert-OH is 1. The van der Waals surface area contributed by atoms with Gasteiger partial charge in [0.15, 0.2) is 5.82 Å². The van der Waals surface area contributed by atoms with Gasteiger partial charge in [-0.2, -0.15) is 5.10 Å². The number of aliphatic hydroxyl groups is 1. The van der Waals surface area contributed by atoms with Gasteiger partial charge in [-0.05, 0) is 30.5 Å². The van der Waals surface area contributed by atoms with E-state index in [1.165, 1.54) is 12.8 Å². The fraction of sp³-hybridized carbons (Fsp3) is 0.389. The first-order valence-electron chi connectivity index (χ1n) is 8.51.